The molecule has 7 nitrogen and oxygen atoms in total. The van der Waals surface area contributed by atoms with Crippen LogP contribution in [-0.4, -0.2) is 49.4 Å². The summed E-state index contributed by atoms with van der Waals surface area (Å²) in [4.78, 5) is 39.0. The van der Waals surface area contributed by atoms with E-state index in [1.54, 1.807) is 36.3 Å². The Balaban J connectivity index is 2.56. The number of hydrogen-bond acceptors (Lipinski definition) is 4. The molecule has 7 heteroatoms. The van der Waals surface area contributed by atoms with E-state index in [0.717, 1.165) is 38.5 Å². The van der Waals surface area contributed by atoms with Gasteiger partial charge in [0.2, 0.25) is 17.7 Å². The molecule has 0 aromatic heterocycles. The number of nitrogens with zero attached hydrogens (tertiary/aromatic N) is 1. The Labute approximate surface area is 180 Å². The number of ether oxygens (including phenoxy) is 1. The lowest BCUT2D eigenvalue weighted by atomic mass is 9.97. The molecule has 0 fully saturated rings. The second-order valence-electron chi connectivity index (χ2n) is 7.41. The van der Waals surface area contributed by atoms with Gasteiger partial charge in [0.25, 0.3) is 0 Å². The summed E-state index contributed by atoms with van der Waals surface area (Å²) in [5, 5.41) is 5.34. The first-order valence-corrected chi connectivity index (χ1v) is 10.9. The van der Waals surface area contributed by atoms with E-state index in [1.165, 1.54) is 0 Å². The zero-order chi connectivity index (χ0) is 22.4. The third-order valence-corrected chi connectivity index (χ3v) is 5.00. The van der Waals surface area contributed by atoms with Crippen molar-refractivity contribution in [1.82, 2.24) is 10.2 Å². The molecule has 0 aliphatic rings. The van der Waals surface area contributed by atoms with Gasteiger partial charge in [0.05, 0.1) is 20.2 Å². The van der Waals surface area contributed by atoms with Gasteiger partial charge in [-0.2, -0.15) is 0 Å². The van der Waals surface area contributed by atoms with Crippen molar-refractivity contribution < 1.29 is 19.1 Å². The van der Waals surface area contributed by atoms with Crippen LogP contribution >= 0.6 is 0 Å². The van der Waals surface area contributed by atoms with Crippen LogP contribution in [0.15, 0.2) is 24.3 Å². The molecule has 0 aliphatic carbocycles. The van der Waals surface area contributed by atoms with Gasteiger partial charge >= 0.3 is 0 Å². The van der Waals surface area contributed by atoms with Gasteiger partial charge in [0.1, 0.15) is 5.75 Å². The lowest BCUT2D eigenvalue weighted by Crippen LogP contribution is -2.45. The number of rotatable bonds is 14. The predicted molar refractivity (Wildman–Crippen MR) is 119 cm³/mol. The van der Waals surface area contributed by atoms with Crippen LogP contribution in [0.3, 0.4) is 0 Å². The number of nitrogens with one attached hydrogen (secondary N) is 2. The van der Waals surface area contributed by atoms with Gasteiger partial charge in [-0.15, -0.1) is 0 Å². The Morgan fingerprint density at radius 1 is 1.00 bits per heavy atom. The molecule has 0 heterocycles. The van der Waals surface area contributed by atoms with Crippen LogP contribution in [0.4, 0.5) is 5.69 Å². The Bertz CT molecular complexity index is 661. The van der Waals surface area contributed by atoms with Gasteiger partial charge in [-0.05, 0) is 43.5 Å². The normalized spacial score (nSPS) is 11.5. The molecule has 0 spiro atoms. The van der Waals surface area contributed by atoms with Crippen LogP contribution in [0.25, 0.3) is 0 Å². The Morgan fingerprint density at radius 2 is 1.67 bits per heavy atom. The number of benzene rings is 1. The molecule has 1 atom stereocenters. The van der Waals surface area contributed by atoms with Crippen LogP contribution in [-0.2, 0) is 14.4 Å². The molecular weight excluding hydrogens is 382 g/mol. The maximum atomic E-state index is 12.9. The maximum Gasteiger partial charge on any atom is 0.243 e. The van der Waals surface area contributed by atoms with E-state index < -0.39 is 0 Å². The van der Waals surface area contributed by atoms with Crippen molar-refractivity contribution in [3.63, 3.8) is 0 Å². The van der Waals surface area contributed by atoms with Crippen LogP contribution in [0.1, 0.15) is 59.3 Å². The molecule has 0 aliphatic heterocycles. The predicted octanol–water partition coefficient (Wildman–Crippen LogP) is 3.60. The number of carbonyl (C=O) groups excluding carboxylic acids is 3. The first kappa shape index (κ1) is 25.5. The SMILES string of the molecule is CCCCC(CC)C(=O)N(CCCC)CC(=O)NCC(=O)Nc1ccc(OC)cc1. The summed E-state index contributed by atoms with van der Waals surface area (Å²) >= 11 is 0. The summed E-state index contributed by atoms with van der Waals surface area (Å²) in [6.07, 6.45) is 5.46. The van der Waals surface area contributed by atoms with E-state index in [0.29, 0.717) is 18.0 Å². The van der Waals surface area contributed by atoms with Gasteiger partial charge in [-0.3, -0.25) is 14.4 Å². The summed E-state index contributed by atoms with van der Waals surface area (Å²) in [5.41, 5.74) is 0.622. The van der Waals surface area contributed by atoms with Gasteiger partial charge in [-0.1, -0.05) is 40.0 Å². The van der Waals surface area contributed by atoms with Crippen LogP contribution in [0, 0.1) is 5.92 Å². The monoisotopic (exact) mass is 419 g/mol. The molecule has 30 heavy (non-hydrogen) atoms. The highest BCUT2D eigenvalue weighted by atomic mass is 16.5. The van der Waals surface area contributed by atoms with Crippen molar-refractivity contribution in [2.24, 2.45) is 5.92 Å². The van der Waals surface area contributed by atoms with Crippen molar-refractivity contribution in [3.8, 4) is 5.75 Å². The highest BCUT2D eigenvalue weighted by Gasteiger charge is 2.24. The third-order valence-electron chi connectivity index (χ3n) is 5.00. The van der Waals surface area contributed by atoms with E-state index in [4.69, 9.17) is 4.74 Å². The number of unbranched alkanes of at least 4 members (excludes halogenated alkanes) is 2. The fraction of sp³-hybridized carbons (Fsp3) is 0.609. The highest BCUT2D eigenvalue weighted by Crippen LogP contribution is 2.17. The number of carbonyl (C=O) groups is 3. The third kappa shape index (κ3) is 9.29. The molecule has 1 aromatic carbocycles. The molecular formula is C23H37N3O4. The molecule has 1 aromatic rings. The first-order valence-electron chi connectivity index (χ1n) is 10.9. The summed E-state index contributed by atoms with van der Waals surface area (Å²) in [7, 11) is 1.57. The summed E-state index contributed by atoms with van der Waals surface area (Å²) < 4.78 is 5.08. The smallest absolute Gasteiger partial charge is 0.243 e. The molecule has 0 bridgehead atoms. The van der Waals surface area contributed by atoms with Gasteiger partial charge in [0, 0.05) is 18.2 Å². The lowest BCUT2D eigenvalue weighted by molar-refractivity contribution is -0.140. The molecule has 168 valence electrons. The van der Waals surface area contributed by atoms with E-state index in [9.17, 15) is 14.4 Å². The molecule has 2 N–H and O–H groups in total. The number of anilines is 1. The zero-order valence-corrected chi connectivity index (χ0v) is 18.8. The van der Waals surface area contributed by atoms with Crippen molar-refractivity contribution in [2.45, 2.75) is 59.3 Å². The van der Waals surface area contributed by atoms with Crippen molar-refractivity contribution in [1.29, 1.82) is 0 Å². The molecule has 3 amide bonds. The van der Waals surface area contributed by atoms with E-state index >= 15 is 0 Å². The topological polar surface area (TPSA) is 87.7 Å². The quantitative estimate of drug-likeness (QED) is 0.482. The Hall–Kier alpha value is -2.57. The first-order chi connectivity index (χ1) is 14.4. The minimum atomic E-state index is -0.325. The van der Waals surface area contributed by atoms with E-state index in [-0.39, 0.29) is 36.7 Å². The van der Waals surface area contributed by atoms with Crippen LogP contribution < -0.4 is 15.4 Å². The van der Waals surface area contributed by atoms with E-state index in [2.05, 4.69) is 24.5 Å². The average Bonchev–Trinajstić information content (AvgIpc) is 2.76. The highest BCUT2D eigenvalue weighted by molar-refractivity contribution is 5.95. The van der Waals surface area contributed by atoms with Gasteiger partial charge in [-0.25, -0.2) is 0 Å². The van der Waals surface area contributed by atoms with Crippen LogP contribution in [0.2, 0.25) is 0 Å². The Morgan fingerprint density at radius 3 is 2.23 bits per heavy atom. The second kappa shape index (κ2) is 14.4. The summed E-state index contributed by atoms with van der Waals surface area (Å²) in [6, 6.07) is 6.94. The van der Waals surface area contributed by atoms with Gasteiger partial charge in [0.15, 0.2) is 0 Å². The molecule has 0 saturated heterocycles. The van der Waals surface area contributed by atoms with E-state index in [1.807, 2.05) is 6.92 Å². The zero-order valence-electron chi connectivity index (χ0n) is 18.8. The van der Waals surface area contributed by atoms with Crippen molar-refractivity contribution in [3.05, 3.63) is 24.3 Å². The Kier molecular flexibility index (Phi) is 12.2. The lowest BCUT2D eigenvalue weighted by Gasteiger charge is -2.26. The molecule has 1 rings (SSSR count). The molecule has 0 radical (unpaired) electrons. The minimum absolute atomic E-state index is 0.0166. The maximum absolute atomic E-state index is 12.9. The molecule has 0 saturated carbocycles. The molecule has 1 unspecified atom stereocenters. The number of hydrogen-bond donors (Lipinski definition) is 2. The minimum Gasteiger partial charge on any atom is -0.497 e. The largest absolute Gasteiger partial charge is 0.497 e. The van der Waals surface area contributed by atoms with Crippen molar-refractivity contribution >= 4 is 23.4 Å². The second-order valence-corrected chi connectivity index (χ2v) is 7.41. The van der Waals surface area contributed by atoms with Gasteiger partial charge < -0.3 is 20.3 Å². The summed E-state index contributed by atoms with van der Waals surface area (Å²) in [6.45, 7) is 6.57. The summed E-state index contributed by atoms with van der Waals surface area (Å²) in [5.74, 6) is 0.0386. The average molecular weight is 420 g/mol. The standard InChI is InChI=1S/C23H37N3O4/c1-5-8-10-18(7-3)23(29)26(15-9-6-2)17-22(28)24-16-21(27)25-19-11-13-20(30-4)14-12-19/h11-14,18H,5-10,15-17H2,1-4H3,(H,24,28)(H,25,27). The van der Waals surface area contributed by atoms with Crippen molar-refractivity contribution in [2.75, 3.05) is 32.1 Å². The fourth-order valence-electron chi connectivity index (χ4n) is 3.11. The fourth-order valence-corrected chi connectivity index (χ4v) is 3.11. The number of amides is 3. The number of methoxy groups -OCH3 is 1. The van der Waals surface area contributed by atoms with Crippen LogP contribution in [0.5, 0.6) is 5.75 Å².